The van der Waals surface area contributed by atoms with Crippen LogP contribution in [0.4, 0.5) is 11.4 Å². The Bertz CT molecular complexity index is 5860. The van der Waals surface area contributed by atoms with Gasteiger partial charge in [0, 0.05) is 116 Å². The van der Waals surface area contributed by atoms with E-state index in [0.717, 1.165) is 106 Å². The van der Waals surface area contributed by atoms with Gasteiger partial charge < -0.3 is 96.1 Å². The van der Waals surface area contributed by atoms with Gasteiger partial charge in [0.1, 0.15) is 56.9 Å². The summed E-state index contributed by atoms with van der Waals surface area (Å²) in [5, 5.41) is 60.4. The quantitative estimate of drug-likeness (QED) is 0.0159. The SMILES string of the molecule is CCCOc1ccc(S(=O)(=O)Cl)cc1C(=O)O.CCCOc1ccc(S(=O)(=O)N2CCC(CCO)CC2)cc1-c1nc2c(CCC)cn(C)c2c(=O)[nH]1.CCCOc1ccc(S(=O)(=O)N2CCC(CCO)CC2)cc1C(=O)Nc1c(CCC)cn(C)c1C(N)=O.CCCOc1ccc(S(=O)(=O)N2CCC(CCO)CC2)cc1C(=O)O.CCCc1cn(C)c(C(N)=O)c1N.OCCC1CCNCC1. The summed E-state index contributed by atoms with van der Waals surface area (Å²) >= 11 is 0. The second-order valence-corrected chi connectivity index (χ2v) is 42.6. The van der Waals surface area contributed by atoms with Crippen molar-refractivity contribution in [2.24, 2.45) is 56.3 Å². The summed E-state index contributed by atoms with van der Waals surface area (Å²) in [6.07, 6.45) is 23.2. The minimum atomic E-state index is -3.94. The number of anilines is 2. The number of hydrogen-bond acceptors (Lipinski definition) is 25. The number of carbonyl (C=O) groups excluding carboxylic acids is 3. The zero-order valence-electron chi connectivity index (χ0n) is 80.2. The Hall–Kier alpha value is -10.0. The first-order valence-electron chi connectivity index (χ1n) is 46.9. The molecule has 3 amide bonds. The number of piperidine rings is 4. The lowest BCUT2D eigenvalue weighted by molar-refractivity contribution is 0.0680. The third-order valence-corrected chi connectivity index (χ3v) is 30.9. The molecule has 0 atom stereocenters. The normalized spacial score (nSPS) is 15.0. The molecular weight excluding hydrogens is 1870 g/mol. The maximum atomic E-state index is 13.5. The number of aromatic amines is 1. The van der Waals surface area contributed by atoms with Crippen LogP contribution in [0.15, 0.2) is 116 Å². The van der Waals surface area contributed by atoms with E-state index in [1.165, 1.54) is 74.3 Å². The Morgan fingerprint density at radius 2 is 0.803 bits per heavy atom. The number of nitrogens with one attached hydrogen (secondary N) is 3. The first-order valence-corrected chi connectivity index (χ1v) is 53.6. The van der Waals surface area contributed by atoms with Gasteiger partial charge in [0.25, 0.3) is 32.3 Å². The number of H-pyrrole nitrogens is 1. The van der Waals surface area contributed by atoms with Crippen LogP contribution in [0.25, 0.3) is 22.4 Å². The van der Waals surface area contributed by atoms with Crippen LogP contribution in [0.5, 0.6) is 23.0 Å². The number of hydrogen-bond donors (Lipinski definition) is 12. The summed E-state index contributed by atoms with van der Waals surface area (Å²) < 4.78 is 133. The summed E-state index contributed by atoms with van der Waals surface area (Å²) in [6.45, 7) is 20.6. The number of primary amides is 2. The Labute approximate surface area is 808 Å². The first kappa shape index (κ1) is 114. The van der Waals surface area contributed by atoms with Crippen molar-refractivity contribution in [1.29, 1.82) is 0 Å². The lowest BCUT2D eigenvalue weighted by Gasteiger charge is -2.31. The van der Waals surface area contributed by atoms with Crippen LogP contribution < -0.4 is 52.3 Å². The third kappa shape index (κ3) is 31.7. The van der Waals surface area contributed by atoms with Crippen LogP contribution in [0.2, 0.25) is 0 Å². The van der Waals surface area contributed by atoms with E-state index in [0.29, 0.717) is 200 Å². The third-order valence-electron chi connectivity index (χ3n) is 23.9. The highest BCUT2D eigenvalue weighted by atomic mass is 35.7. The van der Waals surface area contributed by atoms with Gasteiger partial charge in [-0.05, 0) is 248 Å². The average molecular weight is 2010 g/mol. The fraction of sp³-hybridized carbons (Fsp3) is 0.547. The number of halogens is 1. The lowest BCUT2D eigenvalue weighted by atomic mass is 9.95. The smallest absolute Gasteiger partial charge is 0.339 e. The second-order valence-electron chi connectivity index (χ2n) is 34.2. The van der Waals surface area contributed by atoms with Gasteiger partial charge in [0.2, 0.25) is 30.1 Å². The number of aromatic nitrogens is 5. The number of carbonyl (C=O) groups is 5. The van der Waals surface area contributed by atoms with Gasteiger partial charge in [-0.2, -0.15) is 12.9 Å². The number of aliphatic hydroxyl groups is 4. The van der Waals surface area contributed by atoms with Crippen molar-refractivity contribution in [1.82, 2.24) is 41.9 Å². The van der Waals surface area contributed by atoms with E-state index in [2.05, 4.69) is 29.5 Å². The highest BCUT2D eigenvalue weighted by Gasteiger charge is 2.36. The molecule has 42 heteroatoms. The van der Waals surface area contributed by atoms with E-state index < -0.39 is 68.8 Å². The zero-order valence-corrected chi connectivity index (χ0v) is 84.3. The molecule has 0 saturated carbocycles. The number of aromatic carboxylic acids is 2. The molecule has 0 radical (unpaired) electrons. The van der Waals surface area contributed by atoms with Crippen LogP contribution in [-0.4, -0.2) is 236 Å². The van der Waals surface area contributed by atoms with Crippen LogP contribution in [-0.2, 0) is 79.5 Å². The minimum absolute atomic E-state index is 0.000857. The van der Waals surface area contributed by atoms with Crippen LogP contribution in [0.3, 0.4) is 0 Å². The van der Waals surface area contributed by atoms with Gasteiger partial charge in [-0.25, -0.2) is 48.2 Å². The molecular formula is C95H140ClN13O24S4. The summed E-state index contributed by atoms with van der Waals surface area (Å²) in [6, 6.07) is 16.5. The maximum Gasteiger partial charge on any atom is 0.339 e. The minimum Gasteiger partial charge on any atom is -0.493 e. The number of amides is 3. The average Bonchev–Trinajstić information content (AvgIpc) is 1.73. The van der Waals surface area contributed by atoms with Crippen molar-refractivity contribution in [2.75, 3.05) is 116 Å². The molecule has 4 aliphatic rings. The number of benzene rings is 4. The van der Waals surface area contributed by atoms with Gasteiger partial charge in [0.15, 0.2) is 0 Å². The van der Waals surface area contributed by atoms with Crippen molar-refractivity contribution < 1.29 is 107 Å². The number of aliphatic hydroxyl groups excluding tert-OH is 4. The number of nitrogens with two attached hydrogens (primary N) is 3. The number of carboxylic acids is 2. The van der Waals surface area contributed by atoms with E-state index in [9.17, 15) is 77.8 Å². The molecule has 8 aromatic rings. The first-order chi connectivity index (χ1) is 65.2. The molecule has 4 aliphatic heterocycles. The Morgan fingerprint density at radius 3 is 1.19 bits per heavy atom. The Kier molecular flexibility index (Phi) is 45.8. The molecule has 4 saturated heterocycles. The largest absolute Gasteiger partial charge is 0.493 e. The van der Waals surface area contributed by atoms with E-state index in [4.69, 9.17) is 67.1 Å². The number of sulfonamides is 3. The van der Waals surface area contributed by atoms with Crippen molar-refractivity contribution in [3.05, 3.63) is 147 Å². The van der Waals surface area contributed by atoms with Crippen molar-refractivity contribution in [3.63, 3.8) is 0 Å². The van der Waals surface area contributed by atoms with Gasteiger partial charge in [0.05, 0.1) is 74.0 Å². The second kappa shape index (κ2) is 55.1. The van der Waals surface area contributed by atoms with Gasteiger partial charge in [-0.3, -0.25) is 19.2 Å². The standard InChI is InChI=1S/C26H38N4O6S.C26H36N4O5S.C17H25NO6S.C10H11ClO5S.C9H15N3O.C7H15NO/c1-4-6-19-17-29(3)24(25(27)32)23(19)28-26(33)21-16-20(7-8-22(21)36-15-5-2)37(34,35)30-12-9-18(10-13-30)11-14-31;1-4-6-19-17-29(3)24-23(19)27-25(28-26(24)32)21-16-20(7-8-22(21)35-15-5-2)36(33,34)30-12-9-18(10-13-30)11-14-31;1-2-11-24-16-4-3-14(12-15(16)17(20)21)25(22,23)18-8-5-13(6-9-18)7-10-19;1-2-5-16-9-4-3-7(17(11,14)15)6-8(9)10(12)13;1-3-4-6-5-12(2)8(7(6)10)9(11)13;9-6-3-7-1-4-8-5-2-7/h7-8,16-18,31H,4-6,9-15H2,1-3H3,(H2,27,32)(H,28,33);7-8,16-18,31H,4-6,9-15H2,1-3H3,(H,27,28,32);3-4,12-13,19H,2,5-11H2,1H3,(H,20,21);3-4,6H,2,5H2,1H3,(H,12,13);5H,3-4,10H2,1-2H3,(H2,11,13);7-9H,1-6H2. The molecule has 0 spiro atoms. The maximum absolute atomic E-state index is 13.5. The van der Waals surface area contributed by atoms with E-state index in [1.807, 2.05) is 54.1 Å². The fourth-order valence-corrected chi connectivity index (χ4v) is 21.9. The molecule has 760 valence electrons. The van der Waals surface area contributed by atoms with E-state index in [1.54, 1.807) is 52.2 Å². The number of rotatable bonds is 40. The van der Waals surface area contributed by atoms with Crippen molar-refractivity contribution in [3.8, 4) is 34.4 Å². The number of carboxylic acid groups (broad SMARTS) is 2. The summed E-state index contributed by atoms with van der Waals surface area (Å²) in [5.74, 6) is -1.13. The predicted molar refractivity (Wildman–Crippen MR) is 525 cm³/mol. The number of nitrogens with zero attached hydrogens (tertiary/aromatic N) is 7. The topological polar surface area (TPSA) is 553 Å². The Balaban J connectivity index is 0.000000237. The molecule has 15 N–H and O–H groups in total. The molecule has 4 aromatic carbocycles. The van der Waals surface area contributed by atoms with E-state index >= 15 is 0 Å². The molecule has 4 aromatic heterocycles. The monoisotopic (exact) mass is 2010 g/mol. The number of nitrogen functional groups attached to an aromatic ring is 1. The molecule has 137 heavy (non-hydrogen) atoms. The zero-order chi connectivity index (χ0) is 101. The van der Waals surface area contributed by atoms with Gasteiger partial charge >= 0.3 is 11.9 Å². The van der Waals surface area contributed by atoms with Crippen molar-refractivity contribution >= 4 is 102 Å². The number of ether oxygens (including phenoxy) is 4. The molecule has 8 heterocycles. The lowest BCUT2D eigenvalue weighted by Crippen LogP contribution is -2.38. The predicted octanol–water partition coefficient (Wildman–Crippen LogP) is 11.4. The molecule has 0 bridgehead atoms. The summed E-state index contributed by atoms with van der Waals surface area (Å²) in [7, 11) is -4.86. The fourth-order valence-electron chi connectivity index (χ4n) is 16.6. The number of aryl methyl sites for hydroxylation is 6. The van der Waals surface area contributed by atoms with Crippen LogP contribution in [0, 0.1) is 23.7 Å². The molecule has 4 fully saturated rings. The molecule has 0 aliphatic carbocycles. The highest BCUT2D eigenvalue weighted by molar-refractivity contribution is 8.13. The Morgan fingerprint density at radius 1 is 0.460 bits per heavy atom. The van der Waals surface area contributed by atoms with Gasteiger partial charge in [-0.1, -0.05) is 67.7 Å². The summed E-state index contributed by atoms with van der Waals surface area (Å²) in [5.41, 5.74) is 21.7. The molecule has 37 nitrogen and oxygen atoms in total. The van der Waals surface area contributed by atoms with Crippen LogP contribution in [0.1, 0.15) is 239 Å². The van der Waals surface area contributed by atoms with E-state index in [-0.39, 0.29) is 84.6 Å². The van der Waals surface area contributed by atoms with Gasteiger partial charge in [-0.15, -0.1) is 0 Å². The highest BCUT2D eigenvalue weighted by Crippen LogP contribution is 2.38. The van der Waals surface area contributed by atoms with Crippen LogP contribution >= 0.6 is 10.7 Å². The number of fused-ring (bicyclic) bond motifs is 1. The molecule has 12 rings (SSSR count). The van der Waals surface area contributed by atoms with Crippen molar-refractivity contribution in [2.45, 2.75) is 209 Å². The molecule has 0 unspecified atom stereocenters. The summed E-state index contributed by atoms with van der Waals surface area (Å²) in [4.78, 5) is 79.6.